The van der Waals surface area contributed by atoms with Gasteiger partial charge in [-0.3, -0.25) is 9.59 Å². The minimum absolute atomic E-state index is 0.0374. The van der Waals surface area contributed by atoms with E-state index in [4.69, 9.17) is 0 Å². The Morgan fingerprint density at radius 3 is 1.22 bits per heavy atom. The number of phenolic OH excluding ortho intramolecular Hbond substituents is 3. The van der Waals surface area contributed by atoms with Gasteiger partial charge in [-0.1, -0.05) is 57.2 Å². The molecule has 12 unspecified atom stereocenters. The molecule has 5 N–H and O–H groups in total. The smallest absolute Gasteiger partial charge is 0.331 e. The van der Waals surface area contributed by atoms with Gasteiger partial charge >= 0.3 is 5.97 Å². The van der Waals surface area contributed by atoms with E-state index in [2.05, 4.69) is 56.4 Å². The molecule has 354 valence electrons. The van der Waals surface area contributed by atoms with Crippen LogP contribution in [0.2, 0.25) is 0 Å². The van der Waals surface area contributed by atoms with Crippen LogP contribution in [0.3, 0.4) is 0 Å². The summed E-state index contributed by atoms with van der Waals surface area (Å²) in [4.78, 5) is 35.8. The SMILES string of the molecule is CC(=O)C1=CCC2C3CCc4cc(O)ccc4C3CCC12C.CC12CCC3c4ccc(O)cc4CCC3C1CC=C2C(=O)O.CNC(=O)C1=CCC2C3CCc4cc(O)ccc4C3CCC12C. The predicted octanol–water partition coefficient (Wildman–Crippen LogP) is 11.8. The lowest BCUT2D eigenvalue weighted by molar-refractivity contribution is -0.134. The summed E-state index contributed by atoms with van der Waals surface area (Å²) >= 11 is 0. The van der Waals surface area contributed by atoms with E-state index in [1.165, 1.54) is 52.6 Å². The maximum atomic E-state index is 12.3. The molecule has 12 atom stereocenters. The highest BCUT2D eigenvalue weighted by molar-refractivity contribution is 5.96. The number of carbonyl (C=O) groups excluding carboxylic acids is 2. The Morgan fingerprint density at radius 2 is 0.866 bits per heavy atom. The van der Waals surface area contributed by atoms with Crippen molar-refractivity contribution < 1.29 is 34.8 Å². The monoisotopic (exact) mass is 906 g/mol. The molecule has 8 heteroatoms. The normalized spacial score (nSPS) is 35.7. The third-order valence-electron chi connectivity index (χ3n) is 20.0. The van der Waals surface area contributed by atoms with Crippen LogP contribution >= 0.6 is 0 Å². The minimum atomic E-state index is -0.732. The lowest BCUT2D eigenvalue weighted by Gasteiger charge is -2.50. The molecule has 9 aliphatic rings. The van der Waals surface area contributed by atoms with Crippen LogP contribution in [-0.2, 0) is 33.6 Å². The summed E-state index contributed by atoms with van der Waals surface area (Å²) in [5.41, 5.74) is 11.0. The maximum Gasteiger partial charge on any atom is 0.331 e. The number of Topliss-reactive ketones (excluding diaryl/α,β-unsaturated/α-hetero) is 1. The lowest BCUT2D eigenvalue weighted by Crippen LogP contribution is -2.43. The number of hydrogen-bond acceptors (Lipinski definition) is 6. The average molecular weight is 906 g/mol. The first-order valence-electron chi connectivity index (χ1n) is 25.6. The van der Waals surface area contributed by atoms with E-state index in [0.717, 1.165) is 88.2 Å². The fourth-order valence-electron chi connectivity index (χ4n) is 16.8. The van der Waals surface area contributed by atoms with Crippen LogP contribution in [0.5, 0.6) is 17.2 Å². The first-order valence-corrected chi connectivity index (χ1v) is 25.6. The van der Waals surface area contributed by atoms with Crippen molar-refractivity contribution in [3.05, 3.63) is 123 Å². The molecule has 3 fully saturated rings. The van der Waals surface area contributed by atoms with Crippen molar-refractivity contribution in [2.45, 2.75) is 142 Å². The van der Waals surface area contributed by atoms with Crippen molar-refractivity contribution in [3.8, 4) is 17.2 Å². The molecule has 1 amide bonds. The summed E-state index contributed by atoms with van der Waals surface area (Å²) in [6, 6.07) is 17.6. The summed E-state index contributed by atoms with van der Waals surface area (Å²) in [7, 11) is 1.73. The van der Waals surface area contributed by atoms with Gasteiger partial charge in [0.1, 0.15) is 17.2 Å². The molecule has 9 aliphatic carbocycles. The number of carboxylic acids is 1. The van der Waals surface area contributed by atoms with Crippen LogP contribution < -0.4 is 5.32 Å². The highest BCUT2D eigenvalue weighted by atomic mass is 16.4. The third kappa shape index (κ3) is 7.49. The van der Waals surface area contributed by atoms with Crippen molar-refractivity contribution in [3.63, 3.8) is 0 Å². The highest BCUT2D eigenvalue weighted by Gasteiger charge is 2.56. The Morgan fingerprint density at radius 1 is 0.522 bits per heavy atom. The average Bonchev–Trinajstić information content (AvgIpc) is 3.98. The van der Waals surface area contributed by atoms with Gasteiger partial charge < -0.3 is 25.7 Å². The topological polar surface area (TPSA) is 144 Å². The van der Waals surface area contributed by atoms with E-state index in [1.807, 2.05) is 36.4 Å². The lowest BCUT2D eigenvalue weighted by atomic mass is 9.54. The number of aromatic hydroxyl groups is 3. The maximum absolute atomic E-state index is 12.3. The Bertz CT molecular complexity index is 2490. The number of ketones is 1. The number of likely N-dealkylation sites (N-methyl/N-ethyl adjacent to an activating group) is 1. The quantitative estimate of drug-likeness (QED) is 0.176. The Balaban J connectivity index is 0.000000118. The number of fused-ring (bicyclic) bond motifs is 15. The molecular formula is C59H71NO7. The van der Waals surface area contributed by atoms with E-state index in [1.54, 1.807) is 20.0 Å². The second-order valence-corrected chi connectivity index (χ2v) is 22.8. The highest BCUT2D eigenvalue weighted by Crippen LogP contribution is 2.64. The van der Waals surface area contributed by atoms with E-state index in [9.17, 15) is 34.8 Å². The molecule has 0 aromatic heterocycles. The van der Waals surface area contributed by atoms with Gasteiger partial charge in [-0.2, -0.15) is 0 Å². The molecule has 3 saturated carbocycles. The summed E-state index contributed by atoms with van der Waals surface area (Å²) in [6.45, 7) is 8.51. The zero-order chi connectivity index (χ0) is 47.2. The molecule has 0 saturated heterocycles. The van der Waals surface area contributed by atoms with E-state index >= 15 is 0 Å². The van der Waals surface area contributed by atoms with E-state index in [0.29, 0.717) is 76.1 Å². The number of hydrogen-bond donors (Lipinski definition) is 5. The van der Waals surface area contributed by atoms with Gasteiger partial charge in [-0.05, 0) is 237 Å². The van der Waals surface area contributed by atoms with Gasteiger partial charge in [0.2, 0.25) is 5.91 Å². The summed E-state index contributed by atoms with van der Waals surface area (Å²) in [5.74, 6) is 6.07. The molecule has 0 heterocycles. The van der Waals surface area contributed by atoms with Gasteiger partial charge in [-0.25, -0.2) is 4.79 Å². The molecular weight excluding hydrogens is 835 g/mol. The second kappa shape index (κ2) is 17.1. The van der Waals surface area contributed by atoms with Crippen LogP contribution in [0.4, 0.5) is 0 Å². The Hall–Kier alpha value is -5.11. The van der Waals surface area contributed by atoms with Gasteiger partial charge in [0, 0.05) is 29.0 Å². The number of carbonyl (C=O) groups is 3. The zero-order valence-electron chi connectivity index (χ0n) is 40.2. The van der Waals surface area contributed by atoms with Crippen LogP contribution in [0.15, 0.2) is 89.5 Å². The number of carboxylic acid groups (broad SMARTS) is 1. The van der Waals surface area contributed by atoms with Crippen molar-refractivity contribution in [2.75, 3.05) is 7.05 Å². The molecule has 0 bridgehead atoms. The van der Waals surface area contributed by atoms with Crippen LogP contribution in [-0.4, -0.2) is 45.1 Å². The number of allylic oxidation sites excluding steroid dienone is 4. The summed E-state index contributed by atoms with van der Waals surface area (Å²) < 4.78 is 0. The molecule has 12 rings (SSSR count). The number of nitrogens with one attached hydrogen (secondary N) is 1. The van der Waals surface area contributed by atoms with E-state index in [-0.39, 0.29) is 27.9 Å². The number of benzene rings is 3. The molecule has 0 radical (unpaired) electrons. The summed E-state index contributed by atoms with van der Waals surface area (Å²) in [5, 5.41) is 41.5. The number of amides is 1. The van der Waals surface area contributed by atoms with Crippen molar-refractivity contribution in [1.82, 2.24) is 5.32 Å². The number of aryl methyl sites for hydroxylation is 3. The van der Waals surface area contributed by atoms with Gasteiger partial charge in [-0.15, -0.1) is 0 Å². The summed E-state index contributed by atoms with van der Waals surface area (Å²) in [6.07, 6.45) is 22.5. The van der Waals surface area contributed by atoms with Gasteiger partial charge in [0.05, 0.1) is 0 Å². The van der Waals surface area contributed by atoms with Crippen molar-refractivity contribution in [2.24, 2.45) is 51.8 Å². The fourth-order valence-corrected chi connectivity index (χ4v) is 16.8. The predicted molar refractivity (Wildman–Crippen MR) is 261 cm³/mol. The third-order valence-corrected chi connectivity index (χ3v) is 20.0. The second-order valence-electron chi connectivity index (χ2n) is 22.8. The first-order chi connectivity index (χ1) is 32.0. The largest absolute Gasteiger partial charge is 0.508 e. The first kappa shape index (κ1) is 45.7. The number of rotatable bonds is 3. The van der Waals surface area contributed by atoms with Crippen LogP contribution in [0.25, 0.3) is 0 Å². The minimum Gasteiger partial charge on any atom is -0.508 e. The Kier molecular flexibility index (Phi) is 11.7. The molecule has 3 aromatic rings. The molecule has 67 heavy (non-hydrogen) atoms. The number of phenols is 3. The standard InChI is InChI=1S/C20H25NO2.C20H24O2.C19H22O3/c1-20-10-9-15-14-6-4-13(22)11-12(14)3-5-16(15)17(20)7-8-18(20)19(23)21-2;1-12(21)18-7-8-19-17-5-3-13-11-14(22)4-6-15(13)16(17)9-10-20(18,19)2;1-19-9-8-14-13-5-3-12(20)10-11(13)2-4-15(14)16(19)6-7-17(19)18(21)22/h4,6,8,11,15-17,22H,3,5,7,9-10H2,1-2H3,(H,21,23);4,6-7,11,16-17,19,22H,3,5,8-10H2,1-2H3;3,5,7,10,14-16,20H,2,4,6,8-9H2,1H3,(H,21,22). The molecule has 0 aliphatic heterocycles. The number of aliphatic carboxylic acids is 1. The molecule has 0 spiro atoms. The van der Waals surface area contributed by atoms with Crippen LogP contribution in [0.1, 0.15) is 156 Å². The zero-order valence-corrected chi connectivity index (χ0v) is 40.2. The van der Waals surface area contributed by atoms with Crippen LogP contribution in [0, 0.1) is 51.8 Å². The fraction of sp³-hybridized carbons (Fsp3) is 0.542. The van der Waals surface area contributed by atoms with Crippen molar-refractivity contribution in [1.29, 1.82) is 0 Å². The van der Waals surface area contributed by atoms with Gasteiger partial charge in [0.15, 0.2) is 5.78 Å². The van der Waals surface area contributed by atoms with Gasteiger partial charge in [0.25, 0.3) is 0 Å². The molecule has 8 nitrogen and oxygen atoms in total. The van der Waals surface area contributed by atoms with Crippen molar-refractivity contribution >= 4 is 17.7 Å². The Labute approximate surface area is 397 Å². The molecule has 3 aromatic carbocycles. The van der Waals surface area contributed by atoms with E-state index < -0.39 is 5.97 Å².